The van der Waals surface area contributed by atoms with Gasteiger partial charge in [-0.15, -0.1) is 11.3 Å². The van der Waals surface area contributed by atoms with Crippen LogP contribution in [-0.2, 0) is 0 Å². The Kier molecular flexibility index (Phi) is 2.80. The predicted octanol–water partition coefficient (Wildman–Crippen LogP) is 2.51. The lowest BCUT2D eigenvalue weighted by atomic mass is 10.1. The molecule has 1 aromatic heterocycles. The first-order chi connectivity index (χ1) is 7.63. The number of nitrogens with zero attached hydrogens (tertiary/aromatic N) is 1. The van der Waals surface area contributed by atoms with E-state index >= 15 is 0 Å². The lowest BCUT2D eigenvalue weighted by molar-refractivity contribution is 0.498. The van der Waals surface area contributed by atoms with Gasteiger partial charge in [0.15, 0.2) is 16.8 Å². The number of aromatic nitrogens is 1. The van der Waals surface area contributed by atoms with Crippen LogP contribution in [0.2, 0.25) is 0 Å². The normalized spacial score (nSPS) is 10.5. The molecule has 0 saturated carbocycles. The van der Waals surface area contributed by atoms with Crippen LogP contribution >= 0.6 is 11.3 Å². The number of anilines is 1. The van der Waals surface area contributed by atoms with E-state index in [1.807, 2.05) is 0 Å². The fourth-order valence-electron chi connectivity index (χ4n) is 1.22. The summed E-state index contributed by atoms with van der Waals surface area (Å²) in [4.78, 5) is 3.80. The van der Waals surface area contributed by atoms with Crippen molar-refractivity contribution in [2.24, 2.45) is 5.84 Å². The number of hydrogen-bond acceptors (Lipinski definition) is 4. The van der Waals surface area contributed by atoms with Gasteiger partial charge in [-0.1, -0.05) is 0 Å². The Labute approximate surface area is 92.7 Å². The molecule has 0 fully saturated rings. The van der Waals surface area contributed by atoms with Crippen molar-refractivity contribution in [1.29, 1.82) is 0 Å². The van der Waals surface area contributed by atoms with Crippen molar-refractivity contribution in [2.75, 3.05) is 5.43 Å². The van der Waals surface area contributed by atoms with Gasteiger partial charge in [-0.25, -0.2) is 24.0 Å². The minimum Gasteiger partial charge on any atom is -0.300 e. The number of hydrazine groups is 1. The summed E-state index contributed by atoms with van der Waals surface area (Å²) in [6, 6.07) is 1.57. The highest BCUT2D eigenvalue weighted by Gasteiger charge is 2.17. The first kappa shape index (κ1) is 10.9. The molecule has 0 aliphatic carbocycles. The van der Waals surface area contributed by atoms with Crippen LogP contribution in [0.25, 0.3) is 11.3 Å². The molecule has 0 aliphatic rings. The van der Waals surface area contributed by atoms with Crippen LogP contribution in [-0.4, -0.2) is 4.98 Å². The van der Waals surface area contributed by atoms with Gasteiger partial charge in [0.1, 0.15) is 5.82 Å². The third-order valence-electron chi connectivity index (χ3n) is 1.93. The standard InChI is InChI=1S/C9H6F3N3S/c10-4-1-2-5(11)8(12)7(4)6-3-16-9(14-6)15-13/h1-3H,13H2,(H,14,15). The number of halogens is 3. The number of benzene rings is 1. The maximum Gasteiger partial charge on any atom is 0.197 e. The minimum absolute atomic E-state index is 0.00690. The van der Waals surface area contributed by atoms with Crippen LogP contribution in [0.4, 0.5) is 18.3 Å². The van der Waals surface area contributed by atoms with Crippen LogP contribution in [0.3, 0.4) is 0 Å². The summed E-state index contributed by atoms with van der Waals surface area (Å²) >= 11 is 1.06. The van der Waals surface area contributed by atoms with E-state index in [9.17, 15) is 13.2 Å². The molecule has 7 heteroatoms. The second kappa shape index (κ2) is 4.11. The molecule has 16 heavy (non-hydrogen) atoms. The Morgan fingerprint density at radius 1 is 1.19 bits per heavy atom. The molecule has 0 amide bonds. The van der Waals surface area contributed by atoms with Crippen LogP contribution in [0.1, 0.15) is 0 Å². The summed E-state index contributed by atoms with van der Waals surface area (Å²) in [7, 11) is 0. The van der Waals surface area contributed by atoms with Gasteiger partial charge in [0.05, 0.1) is 11.3 Å². The van der Waals surface area contributed by atoms with Gasteiger partial charge in [-0.05, 0) is 12.1 Å². The second-order valence-electron chi connectivity index (χ2n) is 2.90. The third kappa shape index (κ3) is 1.74. The first-order valence-corrected chi connectivity index (χ1v) is 5.07. The lowest BCUT2D eigenvalue weighted by Gasteiger charge is -2.02. The Morgan fingerprint density at radius 3 is 2.50 bits per heavy atom. The molecule has 0 bridgehead atoms. The van der Waals surface area contributed by atoms with E-state index in [0.717, 1.165) is 23.5 Å². The van der Waals surface area contributed by atoms with E-state index in [-0.39, 0.29) is 10.8 Å². The van der Waals surface area contributed by atoms with Crippen LogP contribution in [0.15, 0.2) is 17.5 Å². The van der Waals surface area contributed by atoms with Gasteiger partial charge < -0.3 is 0 Å². The van der Waals surface area contributed by atoms with E-state index in [1.165, 1.54) is 5.38 Å². The van der Waals surface area contributed by atoms with Gasteiger partial charge >= 0.3 is 0 Å². The van der Waals surface area contributed by atoms with Crippen molar-refractivity contribution >= 4 is 16.5 Å². The zero-order chi connectivity index (χ0) is 11.7. The Balaban J connectivity index is 2.58. The molecule has 0 radical (unpaired) electrons. The van der Waals surface area contributed by atoms with Crippen molar-refractivity contribution < 1.29 is 13.2 Å². The van der Waals surface area contributed by atoms with E-state index in [0.29, 0.717) is 0 Å². The third-order valence-corrected chi connectivity index (χ3v) is 2.70. The van der Waals surface area contributed by atoms with Gasteiger partial charge in [0.25, 0.3) is 0 Å². The smallest absolute Gasteiger partial charge is 0.197 e. The van der Waals surface area contributed by atoms with Gasteiger partial charge in [-0.2, -0.15) is 0 Å². The zero-order valence-corrected chi connectivity index (χ0v) is 8.62. The molecule has 1 aromatic carbocycles. The van der Waals surface area contributed by atoms with Gasteiger partial charge in [0.2, 0.25) is 0 Å². The zero-order valence-electron chi connectivity index (χ0n) is 7.80. The highest BCUT2D eigenvalue weighted by molar-refractivity contribution is 7.14. The fourth-order valence-corrected chi connectivity index (χ4v) is 1.83. The molecule has 84 valence electrons. The SMILES string of the molecule is NNc1nc(-c2c(F)ccc(F)c2F)cs1. The summed E-state index contributed by atoms with van der Waals surface area (Å²) in [6.07, 6.45) is 0. The summed E-state index contributed by atoms with van der Waals surface area (Å²) in [5.74, 6) is 1.84. The topological polar surface area (TPSA) is 50.9 Å². The highest BCUT2D eigenvalue weighted by atomic mass is 32.1. The van der Waals surface area contributed by atoms with Gasteiger partial charge in [-0.3, -0.25) is 5.43 Å². The highest BCUT2D eigenvalue weighted by Crippen LogP contribution is 2.29. The Bertz CT molecular complexity index is 527. The summed E-state index contributed by atoms with van der Waals surface area (Å²) < 4.78 is 39.6. The number of nitrogens with two attached hydrogens (primary N) is 1. The van der Waals surface area contributed by atoms with E-state index < -0.39 is 23.0 Å². The van der Waals surface area contributed by atoms with Crippen LogP contribution in [0.5, 0.6) is 0 Å². The first-order valence-electron chi connectivity index (χ1n) is 4.19. The molecule has 2 rings (SSSR count). The van der Waals surface area contributed by atoms with Crippen molar-refractivity contribution in [2.45, 2.75) is 0 Å². The molecule has 2 aromatic rings. The van der Waals surface area contributed by atoms with E-state index in [2.05, 4.69) is 10.4 Å². The van der Waals surface area contributed by atoms with E-state index in [1.54, 1.807) is 0 Å². The predicted molar refractivity (Wildman–Crippen MR) is 55.2 cm³/mol. The van der Waals surface area contributed by atoms with Crippen molar-refractivity contribution in [3.8, 4) is 11.3 Å². The number of hydrogen-bond donors (Lipinski definition) is 2. The number of thiazole rings is 1. The molecule has 3 N–H and O–H groups in total. The number of nitrogen functional groups attached to an aromatic ring is 1. The fraction of sp³-hybridized carbons (Fsp3) is 0. The molecular formula is C9H6F3N3S. The molecule has 0 aliphatic heterocycles. The maximum atomic E-state index is 13.4. The molecular weight excluding hydrogens is 239 g/mol. The number of rotatable bonds is 2. The Morgan fingerprint density at radius 2 is 1.88 bits per heavy atom. The van der Waals surface area contributed by atoms with Crippen molar-refractivity contribution in [1.82, 2.24) is 4.98 Å². The van der Waals surface area contributed by atoms with E-state index in [4.69, 9.17) is 5.84 Å². The largest absolute Gasteiger partial charge is 0.300 e. The van der Waals surface area contributed by atoms with Gasteiger partial charge in [0, 0.05) is 5.38 Å². The maximum absolute atomic E-state index is 13.4. The lowest BCUT2D eigenvalue weighted by Crippen LogP contribution is -2.06. The molecule has 0 saturated heterocycles. The van der Waals surface area contributed by atoms with Crippen molar-refractivity contribution in [3.05, 3.63) is 35.0 Å². The number of nitrogens with one attached hydrogen (secondary N) is 1. The van der Waals surface area contributed by atoms with Crippen LogP contribution in [0, 0.1) is 17.5 Å². The van der Waals surface area contributed by atoms with Crippen LogP contribution < -0.4 is 11.3 Å². The molecule has 0 atom stereocenters. The van der Waals surface area contributed by atoms with Crippen molar-refractivity contribution in [3.63, 3.8) is 0 Å². The summed E-state index contributed by atoms with van der Waals surface area (Å²) in [5, 5.41) is 1.67. The average Bonchev–Trinajstić information content (AvgIpc) is 2.73. The minimum atomic E-state index is -1.26. The molecule has 0 spiro atoms. The molecule has 1 heterocycles. The summed E-state index contributed by atoms with van der Waals surface area (Å²) in [5.41, 5.74) is 1.76. The second-order valence-corrected chi connectivity index (χ2v) is 3.76. The molecule has 0 unspecified atom stereocenters. The monoisotopic (exact) mass is 245 g/mol. The Hall–Kier alpha value is -1.60. The summed E-state index contributed by atoms with van der Waals surface area (Å²) in [6.45, 7) is 0. The quantitative estimate of drug-likeness (QED) is 0.485. The average molecular weight is 245 g/mol. The molecule has 3 nitrogen and oxygen atoms in total.